The molecule has 0 fully saturated rings. The van der Waals surface area contributed by atoms with E-state index < -0.39 is 0 Å². The second-order valence-corrected chi connectivity index (χ2v) is 3.45. The molecule has 15 heavy (non-hydrogen) atoms. The molecule has 1 aromatic rings. The molecule has 1 aromatic carbocycles. The van der Waals surface area contributed by atoms with Crippen molar-refractivity contribution in [1.82, 2.24) is 0 Å². The predicted octanol–water partition coefficient (Wildman–Crippen LogP) is 4.49. The largest absolute Gasteiger partial charge is 0.213 e. The summed E-state index contributed by atoms with van der Waals surface area (Å²) in [5.41, 5.74) is 2.50. The molecule has 0 nitrogen and oxygen atoms in total. The van der Waals surface area contributed by atoms with Gasteiger partial charge in [0.15, 0.2) is 0 Å². The van der Waals surface area contributed by atoms with E-state index in [0.717, 1.165) is 5.57 Å². The van der Waals surface area contributed by atoms with Gasteiger partial charge in [0.25, 0.3) is 0 Å². The zero-order valence-electron chi connectivity index (χ0n) is 9.92. The average Bonchev–Trinajstić information content (AvgIpc) is 2.68. The molecule has 0 bridgehead atoms. The molecule has 0 aromatic heterocycles. The van der Waals surface area contributed by atoms with Crippen LogP contribution >= 0.6 is 0 Å². The van der Waals surface area contributed by atoms with Crippen molar-refractivity contribution in [3.05, 3.63) is 54.6 Å². The summed E-state index contributed by atoms with van der Waals surface area (Å²) in [6.45, 7) is 11.2. The van der Waals surface area contributed by atoms with Gasteiger partial charge < -0.3 is 0 Å². The van der Waals surface area contributed by atoms with Crippen molar-refractivity contribution in [2.24, 2.45) is 0 Å². The summed E-state index contributed by atoms with van der Waals surface area (Å²) in [6, 6.07) is 8.58. The van der Waals surface area contributed by atoms with E-state index in [1.165, 1.54) is 24.8 Å². The average molecular weight is 368 g/mol. The Bertz CT molecular complexity index is 244. The van der Waals surface area contributed by atoms with Crippen LogP contribution in [-0.4, -0.2) is 0 Å². The van der Waals surface area contributed by atoms with Crippen LogP contribution in [0.2, 0.25) is 0 Å². The first-order valence-electron chi connectivity index (χ1n) is 5.19. The van der Waals surface area contributed by atoms with Gasteiger partial charge in [-0.05, 0) is 6.92 Å². The standard InChI is InChI=1S/C9H13.C5H8.Hf/c1-2-3-6-9-7-4-5-8-9;1-4-5(2)3;/h4-5,7-8H,2-3,6H2,1H3;4H,1-2H2,3H3;/q-1;;. The van der Waals surface area contributed by atoms with E-state index in [0.29, 0.717) is 0 Å². The number of hydrogen-bond acceptors (Lipinski definition) is 0. The van der Waals surface area contributed by atoms with Gasteiger partial charge in [-0.25, -0.2) is 12.1 Å². The van der Waals surface area contributed by atoms with Crippen molar-refractivity contribution in [3.8, 4) is 0 Å². The van der Waals surface area contributed by atoms with Crippen LogP contribution in [0.5, 0.6) is 0 Å². The van der Waals surface area contributed by atoms with Crippen LogP contribution in [0.1, 0.15) is 32.3 Å². The Morgan fingerprint density at radius 2 is 2.13 bits per heavy atom. The molecular formula is C14H21Hf-. The molecule has 0 unspecified atom stereocenters. The molecule has 0 aliphatic carbocycles. The van der Waals surface area contributed by atoms with Gasteiger partial charge in [0.2, 0.25) is 0 Å². The van der Waals surface area contributed by atoms with Gasteiger partial charge in [-0.15, -0.1) is 0 Å². The molecule has 0 saturated heterocycles. The molecule has 0 aliphatic rings. The monoisotopic (exact) mass is 369 g/mol. The van der Waals surface area contributed by atoms with Crippen molar-refractivity contribution in [1.29, 1.82) is 0 Å². The van der Waals surface area contributed by atoms with E-state index in [9.17, 15) is 0 Å². The van der Waals surface area contributed by atoms with E-state index in [1.807, 2.05) is 6.92 Å². The zero-order valence-corrected chi connectivity index (χ0v) is 13.5. The number of rotatable bonds is 4. The van der Waals surface area contributed by atoms with Crippen LogP contribution in [0.4, 0.5) is 0 Å². The fourth-order valence-corrected chi connectivity index (χ4v) is 0.961. The van der Waals surface area contributed by atoms with Crippen LogP contribution in [0, 0.1) is 0 Å². The Balaban J connectivity index is 0. The first-order valence-corrected chi connectivity index (χ1v) is 5.19. The van der Waals surface area contributed by atoms with E-state index in [-0.39, 0.29) is 25.8 Å². The van der Waals surface area contributed by atoms with Crippen molar-refractivity contribution >= 4 is 0 Å². The van der Waals surface area contributed by atoms with Crippen molar-refractivity contribution < 1.29 is 25.8 Å². The van der Waals surface area contributed by atoms with Gasteiger partial charge in [-0.2, -0.15) is 17.7 Å². The number of aryl methyl sites for hydroxylation is 1. The van der Waals surface area contributed by atoms with E-state index in [2.05, 4.69) is 44.3 Å². The number of unbranched alkanes of at least 4 members (excludes halogenated alkanes) is 1. The summed E-state index contributed by atoms with van der Waals surface area (Å²) in [5.74, 6) is 0. The maximum atomic E-state index is 3.56. The van der Waals surface area contributed by atoms with Gasteiger partial charge in [-0.3, -0.25) is 0 Å². The topological polar surface area (TPSA) is 0 Å². The minimum absolute atomic E-state index is 0. The second kappa shape index (κ2) is 11.8. The molecule has 0 amide bonds. The Kier molecular flexibility index (Phi) is 13.4. The summed E-state index contributed by atoms with van der Waals surface area (Å²) in [6.07, 6.45) is 5.60. The molecule has 0 atom stereocenters. The smallest absolute Gasteiger partial charge is 0 e. The van der Waals surface area contributed by atoms with Crippen molar-refractivity contribution in [3.63, 3.8) is 0 Å². The van der Waals surface area contributed by atoms with Crippen LogP contribution in [0.15, 0.2) is 49.1 Å². The van der Waals surface area contributed by atoms with Gasteiger partial charge in [0.1, 0.15) is 0 Å². The third-order valence-corrected chi connectivity index (χ3v) is 1.90. The quantitative estimate of drug-likeness (QED) is 0.418. The molecule has 82 valence electrons. The minimum atomic E-state index is 0. The van der Waals surface area contributed by atoms with E-state index in [1.54, 1.807) is 6.08 Å². The minimum Gasteiger partial charge on any atom is -0.213 e. The van der Waals surface area contributed by atoms with E-state index in [4.69, 9.17) is 0 Å². The molecule has 1 heteroatoms. The molecule has 0 saturated carbocycles. The molecule has 1 rings (SSSR count). The third kappa shape index (κ3) is 11.6. The molecular weight excluding hydrogens is 347 g/mol. The van der Waals surface area contributed by atoms with Gasteiger partial charge in [0.05, 0.1) is 0 Å². The zero-order chi connectivity index (χ0) is 10.8. The SMILES string of the molecule is C=CC(=C)C.CCCCc1ccc[cH-]1.[Hf]. The Labute approximate surface area is 113 Å². The van der Waals surface area contributed by atoms with Crippen LogP contribution in [0.25, 0.3) is 0 Å². The predicted molar refractivity (Wildman–Crippen MR) is 65.7 cm³/mol. The van der Waals surface area contributed by atoms with Crippen LogP contribution in [0.3, 0.4) is 0 Å². The number of hydrogen-bond donors (Lipinski definition) is 0. The maximum Gasteiger partial charge on any atom is 0 e. The Hall–Kier alpha value is -0.300. The summed E-state index contributed by atoms with van der Waals surface area (Å²) in [4.78, 5) is 0. The summed E-state index contributed by atoms with van der Waals surface area (Å²) in [7, 11) is 0. The second-order valence-electron chi connectivity index (χ2n) is 3.45. The summed E-state index contributed by atoms with van der Waals surface area (Å²) >= 11 is 0. The van der Waals surface area contributed by atoms with Gasteiger partial charge in [-0.1, -0.05) is 51.0 Å². The molecule has 0 radical (unpaired) electrons. The fraction of sp³-hybridized carbons (Fsp3) is 0.357. The first-order chi connectivity index (χ1) is 6.70. The van der Waals surface area contributed by atoms with Crippen molar-refractivity contribution in [2.45, 2.75) is 33.1 Å². The Morgan fingerprint density at radius 1 is 1.53 bits per heavy atom. The summed E-state index contributed by atoms with van der Waals surface area (Å²) in [5, 5.41) is 0. The van der Waals surface area contributed by atoms with Gasteiger partial charge >= 0.3 is 0 Å². The maximum absolute atomic E-state index is 3.56. The molecule has 0 aliphatic heterocycles. The van der Waals surface area contributed by atoms with Gasteiger partial charge in [0, 0.05) is 25.8 Å². The first kappa shape index (κ1) is 17.1. The van der Waals surface area contributed by atoms with E-state index >= 15 is 0 Å². The Morgan fingerprint density at radius 3 is 2.47 bits per heavy atom. The molecule has 0 heterocycles. The third-order valence-electron chi connectivity index (χ3n) is 1.90. The molecule has 0 spiro atoms. The van der Waals surface area contributed by atoms with Crippen LogP contribution < -0.4 is 0 Å². The summed E-state index contributed by atoms with van der Waals surface area (Å²) < 4.78 is 0. The fourth-order valence-electron chi connectivity index (χ4n) is 0.961. The van der Waals surface area contributed by atoms with Crippen LogP contribution in [-0.2, 0) is 32.3 Å². The van der Waals surface area contributed by atoms with Crippen molar-refractivity contribution in [2.75, 3.05) is 0 Å². The molecule has 0 N–H and O–H groups in total. The normalized spacial score (nSPS) is 8.13. The number of allylic oxidation sites excluding steroid dienone is 2.